The van der Waals surface area contributed by atoms with Crippen LogP contribution in [0, 0.1) is 0 Å². The van der Waals surface area contributed by atoms with E-state index in [0.717, 1.165) is 25.9 Å². The van der Waals surface area contributed by atoms with Gasteiger partial charge in [-0.2, -0.15) is 0 Å². The van der Waals surface area contributed by atoms with Crippen LogP contribution in [0.1, 0.15) is 46.9 Å². The van der Waals surface area contributed by atoms with Gasteiger partial charge in [0, 0.05) is 42.2 Å². The van der Waals surface area contributed by atoms with Crippen molar-refractivity contribution >= 4 is 29.1 Å². The number of hydrogen-bond donors (Lipinski definition) is 4. The molecule has 2 aromatic carbocycles. The molecule has 0 bridgehead atoms. The fraction of sp³-hybridized carbons (Fsp3) is 0.375. The molecule has 0 spiro atoms. The summed E-state index contributed by atoms with van der Waals surface area (Å²) >= 11 is 0. The molecule has 0 saturated carbocycles. The lowest BCUT2D eigenvalue weighted by atomic mass is 10.1. The third-order valence-electron chi connectivity index (χ3n) is 5.04. The summed E-state index contributed by atoms with van der Waals surface area (Å²) in [5, 5.41) is 11.5. The third kappa shape index (κ3) is 7.09. The van der Waals surface area contributed by atoms with Crippen LogP contribution in [0.2, 0.25) is 0 Å². The lowest BCUT2D eigenvalue weighted by Crippen LogP contribution is -2.31. The second kappa shape index (κ2) is 11.9. The summed E-state index contributed by atoms with van der Waals surface area (Å²) in [6, 6.07) is 13.8. The molecule has 8 heteroatoms. The summed E-state index contributed by atoms with van der Waals surface area (Å²) in [5.41, 5.74) is 2.21. The van der Waals surface area contributed by atoms with Gasteiger partial charge in [-0.25, -0.2) is 0 Å². The van der Waals surface area contributed by atoms with E-state index in [9.17, 15) is 14.4 Å². The molecule has 0 aromatic heterocycles. The summed E-state index contributed by atoms with van der Waals surface area (Å²) < 4.78 is 5.52. The van der Waals surface area contributed by atoms with Gasteiger partial charge in [-0.1, -0.05) is 19.1 Å². The number of amides is 3. The van der Waals surface area contributed by atoms with E-state index in [0.29, 0.717) is 35.6 Å². The summed E-state index contributed by atoms with van der Waals surface area (Å²) in [5.74, 6) is -0.605. The SMILES string of the molecule is CCCNC(=O)c1cccc(NC(=O)CNc2cccc(C(=O)NCC3CCCO3)c2)c1. The molecule has 4 N–H and O–H groups in total. The largest absolute Gasteiger partial charge is 0.376 e. The summed E-state index contributed by atoms with van der Waals surface area (Å²) in [6.07, 6.45) is 2.92. The van der Waals surface area contributed by atoms with Crippen LogP contribution in [-0.4, -0.2) is 50.1 Å². The van der Waals surface area contributed by atoms with Crippen molar-refractivity contribution in [1.82, 2.24) is 10.6 Å². The molecule has 1 aliphatic rings. The molecule has 170 valence electrons. The zero-order valence-corrected chi connectivity index (χ0v) is 18.3. The summed E-state index contributed by atoms with van der Waals surface area (Å²) in [4.78, 5) is 36.8. The highest BCUT2D eigenvalue weighted by Gasteiger charge is 2.17. The molecular weight excluding hydrogens is 408 g/mol. The van der Waals surface area contributed by atoms with Gasteiger partial charge >= 0.3 is 0 Å². The molecule has 1 atom stereocenters. The zero-order valence-electron chi connectivity index (χ0n) is 18.3. The minimum absolute atomic E-state index is 0.0211. The number of rotatable bonds is 10. The van der Waals surface area contributed by atoms with Crippen LogP contribution in [0.4, 0.5) is 11.4 Å². The van der Waals surface area contributed by atoms with E-state index in [1.807, 2.05) is 6.92 Å². The maximum atomic E-state index is 12.4. The Kier molecular flexibility index (Phi) is 8.62. The van der Waals surface area contributed by atoms with Crippen LogP contribution in [0.3, 0.4) is 0 Å². The summed E-state index contributed by atoms with van der Waals surface area (Å²) in [6.45, 7) is 3.85. The van der Waals surface area contributed by atoms with Crippen LogP contribution in [0.5, 0.6) is 0 Å². The van der Waals surface area contributed by atoms with Crippen LogP contribution >= 0.6 is 0 Å². The third-order valence-corrected chi connectivity index (χ3v) is 5.04. The van der Waals surface area contributed by atoms with E-state index in [1.54, 1.807) is 48.5 Å². The van der Waals surface area contributed by atoms with Crippen LogP contribution in [0.25, 0.3) is 0 Å². The molecule has 1 fully saturated rings. The van der Waals surface area contributed by atoms with E-state index in [-0.39, 0.29) is 30.4 Å². The van der Waals surface area contributed by atoms with Crippen molar-refractivity contribution in [3.05, 3.63) is 59.7 Å². The fourth-order valence-corrected chi connectivity index (χ4v) is 3.35. The highest BCUT2D eigenvalue weighted by atomic mass is 16.5. The predicted octanol–water partition coefficient (Wildman–Crippen LogP) is 2.79. The van der Waals surface area contributed by atoms with E-state index in [2.05, 4.69) is 21.3 Å². The van der Waals surface area contributed by atoms with Gasteiger partial charge < -0.3 is 26.0 Å². The molecule has 1 aliphatic heterocycles. The molecule has 2 aromatic rings. The normalized spacial score (nSPS) is 15.1. The lowest BCUT2D eigenvalue weighted by Gasteiger charge is -2.12. The number of carbonyl (C=O) groups excluding carboxylic acids is 3. The molecule has 3 amide bonds. The van der Waals surface area contributed by atoms with Crippen LogP contribution in [0.15, 0.2) is 48.5 Å². The Morgan fingerprint density at radius 1 is 0.969 bits per heavy atom. The second-order valence-electron chi connectivity index (χ2n) is 7.66. The Balaban J connectivity index is 1.49. The number of ether oxygens (including phenoxy) is 1. The van der Waals surface area contributed by atoms with Crippen LogP contribution in [-0.2, 0) is 9.53 Å². The first kappa shape index (κ1) is 23.3. The van der Waals surface area contributed by atoms with Gasteiger partial charge in [0.25, 0.3) is 11.8 Å². The van der Waals surface area contributed by atoms with Crippen LogP contribution < -0.4 is 21.3 Å². The second-order valence-corrected chi connectivity index (χ2v) is 7.66. The molecule has 0 radical (unpaired) electrons. The van der Waals surface area contributed by atoms with Crippen molar-refractivity contribution in [3.63, 3.8) is 0 Å². The van der Waals surface area contributed by atoms with Gasteiger partial charge in [0.15, 0.2) is 0 Å². The smallest absolute Gasteiger partial charge is 0.251 e. The van der Waals surface area contributed by atoms with Gasteiger partial charge in [0.05, 0.1) is 12.6 Å². The minimum Gasteiger partial charge on any atom is -0.376 e. The fourth-order valence-electron chi connectivity index (χ4n) is 3.35. The van der Waals surface area contributed by atoms with Crippen molar-refractivity contribution in [2.24, 2.45) is 0 Å². The number of benzene rings is 2. The Morgan fingerprint density at radius 2 is 1.66 bits per heavy atom. The maximum Gasteiger partial charge on any atom is 0.251 e. The Hall–Kier alpha value is -3.39. The topological polar surface area (TPSA) is 109 Å². The molecule has 1 saturated heterocycles. The molecule has 1 heterocycles. The van der Waals surface area contributed by atoms with Crippen molar-refractivity contribution in [3.8, 4) is 0 Å². The predicted molar refractivity (Wildman–Crippen MR) is 124 cm³/mol. The standard InChI is InChI=1S/C24H30N4O4/c1-2-11-25-23(30)18-7-4-9-20(14-18)28-22(29)16-26-19-8-3-6-17(13-19)24(31)27-15-21-10-5-12-32-21/h3-4,6-9,13-14,21,26H,2,5,10-12,15-16H2,1H3,(H,25,30)(H,27,31)(H,28,29). The van der Waals surface area contributed by atoms with E-state index in [4.69, 9.17) is 4.74 Å². The first-order chi connectivity index (χ1) is 15.5. The first-order valence-corrected chi connectivity index (χ1v) is 11.0. The van der Waals surface area contributed by atoms with Gasteiger partial charge in [0.2, 0.25) is 5.91 Å². The molecule has 0 aliphatic carbocycles. The average Bonchev–Trinajstić information content (AvgIpc) is 3.34. The Morgan fingerprint density at radius 3 is 2.34 bits per heavy atom. The molecular formula is C24H30N4O4. The van der Waals surface area contributed by atoms with Gasteiger partial charge in [0.1, 0.15) is 0 Å². The monoisotopic (exact) mass is 438 g/mol. The van der Waals surface area contributed by atoms with E-state index >= 15 is 0 Å². The minimum atomic E-state index is -0.260. The number of carbonyl (C=O) groups is 3. The number of hydrogen-bond acceptors (Lipinski definition) is 5. The van der Waals surface area contributed by atoms with Gasteiger partial charge in [-0.05, 0) is 55.7 Å². The van der Waals surface area contributed by atoms with Crippen molar-refractivity contribution in [1.29, 1.82) is 0 Å². The lowest BCUT2D eigenvalue weighted by molar-refractivity contribution is -0.114. The van der Waals surface area contributed by atoms with E-state index < -0.39 is 0 Å². The summed E-state index contributed by atoms with van der Waals surface area (Å²) in [7, 11) is 0. The number of anilines is 2. The average molecular weight is 439 g/mol. The van der Waals surface area contributed by atoms with Gasteiger partial charge in [-0.15, -0.1) is 0 Å². The van der Waals surface area contributed by atoms with Crippen molar-refractivity contribution in [2.75, 3.05) is 36.9 Å². The zero-order chi connectivity index (χ0) is 22.8. The van der Waals surface area contributed by atoms with Crippen molar-refractivity contribution in [2.45, 2.75) is 32.3 Å². The quantitative estimate of drug-likeness (QED) is 0.456. The Bertz CT molecular complexity index is 941. The first-order valence-electron chi connectivity index (χ1n) is 11.0. The molecule has 32 heavy (non-hydrogen) atoms. The maximum absolute atomic E-state index is 12.4. The number of nitrogens with one attached hydrogen (secondary N) is 4. The molecule has 1 unspecified atom stereocenters. The highest BCUT2D eigenvalue weighted by Crippen LogP contribution is 2.14. The Labute approximate surface area is 188 Å². The molecule has 8 nitrogen and oxygen atoms in total. The van der Waals surface area contributed by atoms with Crippen molar-refractivity contribution < 1.29 is 19.1 Å². The van der Waals surface area contributed by atoms with Gasteiger partial charge in [-0.3, -0.25) is 14.4 Å². The molecule has 3 rings (SSSR count). The highest BCUT2D eigenvalue weighted by molar-refractivity contribution is 5.98. The van der Waals surface area contributed by atoms with E-state index in [1.165, 1.54) is 0 Å².